The lowest BCUT2D eigenvalue weighted by Gasteiger charge is -2.41. The summed E-state index contributed by atoms with van der Waals surface area (Å²) in [6.45, 7) is 4.95. The van der Waals surface area contributed by atoms with Gasteiger partial charge in [-0.3, -0.25) is 4.68 Å². The molecule has 0 unspecified atom stereocenters. The molecule has 1 saturated carbocycles. The Morgan fingerprint density at radius 3 is 2.64 bits per heavy atom. The summed E-state index contributed by atoms with van der Waals surface area (Å²) in [7, 11) is -3.68. The van der Waals surface area contributed by atoms with E-state index in [-0.39, 0.29) is 29.1 Å². The van der Waals surface area contributed by atoms with Gasteiger partial charge in [-0.15, -0.1) is 0 Å². The summed E-state index contributed by atoms with van der Waals surface area (Å²) in [6, 6.07) is 5.93. The van der Waals surface area contributed by atoms with Gasteiger partial charge in [0, 0.05) is 25.6 Å². The van der Waals surface area contributed by atoms with Crippen molar-refractivity contribution < 1.29 is 17.9 Å². The van der Waals surface area contributed by atoms with Crippen LogP contribution in [0.1, 0.15) is 37.4 Å². The van der Waals surface area contributed by atoms with E-state index in [9.17, 15) is 17.9 Å². The van der Waals surface area contributed by atoms with Gasteiger partial charge in [0.25, 0.3) is 0 Å². The molecule has 3 atom stereocenters. The molecule has 1 aliphatic carbocycles. The summed E-state index contributed by atoms with van der Waals surface area (Å²) in [5, 5.41) is 15.7. The van der Waals surface area contributed by atoms with E-state index in [1.165, 1.54) is 22.6 Å². The van der Waals surface area contributed by atoms with Gasteiger partial charge in [-0.25, -0.2) is 12.8 Å². The van der Waals surface area contributed by atoms with Crippen molar-refractivity contribution in [1.29, 1.82) is 0 Å². The number of sulfonamides is 1. The highest BCUT2D eigenvalue weighted by Gasteiger charge is 2.52. The molecular weight excluding hydrogens is 381 g/mol. The number of nitrogens with zero attached hydrogens (tertiary/aromatic N) is 3. The number of hydrogen-bond donors (Lipinski definition) is 1. The third kappa shape index (κ3) is 2.98. The Labute approximate surface area is 165 Å². The van der Waals surface area contributed by atoms with Gasteiger partial charge in [0.1, 0.15) is 10.7 Å². The number of aryl methyl sites for hydroxylation is 1. The maximum absolute atomic E-state index is 13.3. The van der Waals surface area contributed by atoms with E-state index in [2.05, 4.69) is 5.10 Å². The molecule has 0 amide bonds. The van der Waals surface area contributed by atoms with Gasteiger partial charge in [0.05, 0.1) is 17.5 Å². The Bertz CT molecular complexity index is 973. The molecule has 6 nitrogen and oxygen atoms in total. The number of rotatable bonds is 4. The first-order valence-corrected chi connectivity index (χ1v) is 11.2. The predicted octanol–water partition coefficient (Wildman–Crippen LogP) is 2.66. The van der Waals surface area contributed by atoms with E-state index in [1.54, 1.807) is 23.7 Å². The van der Waals surface area contributed by atoms with Crippen molar-refractivity contribution in [2.75, 3.05) is 13.1 Å². The predicted molar refractivity (Wildman–Crippen MR) is 103 cm³/mol. The number of hydrogen-bond acceptors (Lipinski definition) is 4. The Morgan fingerprint density at radius 2 is 2.00 bits per heavy atom. The quantitative estimate of drug-likeness (QED) is 0.846. The minimum absolute atomic E-state index is 0.0834. The molecule has 152 valence electrons. The second kappa shape index (κ2) is 6.93. The van der Waals surface area contributed by atoms with Crippen LogP contribution in [0.25, 0.3) is 0 Å². The third-order valence-corrected chi connectivity index (χ3v) is 8.41. The van der Waals surface area contributed by atoms with Gasteiger partial charge >= 0.3 is 0 Å². The smallest absolute Gasteiger partial charge is 0.246 e. The number of aromatic nitrogens is 2. The molecule has 1 aromatic heterocycles. The zero-order valence-corrected chi connectivity index (χ0v) is 17.0. The lowest BCUT2D eigenvalue weighted by molar-refractivity contribution is -0.0641. The second-order valence-electron chi connectivity index (χ2n) is 7.92. The highest BCUT2D eigenvalue weighted by Crippen LogP contribution is 2.49. The standard InChI is InChI=1S/C20H26FN3O3S/c1-3-24-14(2)19(11-22-24)28(26,27)23-12-15-5-4-10-20(25,18(15)13-23)16-6-8-17(21)9-7-16/h6-9,11,15,18,25H,3-5,10,12-13H2,1-2H3/t15-,18-,20+/m1/s1. The minimum atomic E-state index is -3.68. The number of aliphatic hydroxyl groups is 1. The van der Waals surface area contributed by atoms with Crippen molar-refractivity contribution in [3.63, 3.8) is 0 Å². The number of halogens is 1. The second-order valence-corrected chi connectivity index (χ2v) is 9.83. The topological polar surface area (TPSA) is 75.4 Å². The number of fused-ring (bicyclic) bond motifs is 1. The van der Waals surface area contributed by atoms with Crippen LogP contribution in [0.2, 0.25) is 0 Å². The van der Waals surface area contributed by atoms with E-state index in [0.717, 1.165) is 12.8 Å². The summed E-state index contributed by atoms with van der Waals surface area (Å²) in [6.07, 6.45) is 3.67. The molecule has 0 spiro atoms. The molecule has 2 fully saturated rings. The molecule has 0 radical (unpaired) electrons. The molecule has 4 rings (SSSR count). The van der Waals surface area contributed by atoms with Crippen molar-refractivity contribution in [1.82, 2.24) is 14.1 Å². The summed E-state index contributed by atoms with van der Waals surface area (Å²) in [4.78, 5) is 0.235. The molecule has 0 bridgehead atoms. The average Bonchev–Trinajstić information content (AvgIpc) is 3.27. The summed E-state index contributed by atoms with van der Waals surface area (Å²) in [5.41, 5.74) is 0.160. The fourth-order valence-electron chi connectivity index (χ4n) is 4.92. The Hall–Kier alpha value is -1.77. The fourth-order valence-corrected chi connectivity index (χ4v) is 6.60. The van der Waals surface area contributed by atoms with Crippen LogP contribution in [0.15, 0.2) is 35.4 Å². The molecule has 8 heteroatoms. The third-order valence-electron chi connectivity index (χ3n) is 6.47. The number of benzene rings is 1. The van der Waals surface area contributed by atoms with Gasteiger partial charge < -0.3 is 5.11 Å². The molecular formula is C20H26FN3O3S. The van der Waals surface area contributed by atoms with Crippen LogP contribution >= 0.6 is 0 Å². The minimum Gasteiger partial charge on any atom is -0.385 e. The van der Waals surface area contributed by atoms with Crippen LogP contribution in [0.3, 0.4) is 0 Å². The van der Waals surface area contributed by atoms with Gasteiger partial charge in [-0.1, -0.05) is 12.1 Å². The highest BCUT2D eigenvalue weighted by molar-refractivity contribution is 7.89. The zero-order valence-electron chi connectivity index (χ0n) is 16.2. The molecule has 2 aliphatic rings. The molecule has 2 aromatic rings. The molecule has 1 aliphatic heterocycles. The monoisotopic (exact) mass is 407 g/mol. The largest absolute Gasteiger partial charge is 0.385 e. The van der Waals surface area contributed by atoms with E-state index in [1.807, 2.05) is 6.92 Å². The first-order chi connectivity index (χ1) is 13.3. The van der Waals surface area contributed by atoms with Gasteiger partial charge in [-0.2, -0.15) is 9.40 Å². The molecule has 1 saturated heterocycles. The highest BCUT2D eigenvalue weighted by atomic mass is 32.2. The maximum Gasteiger partial charge on any atom is 0.246 e. The Kier molecular flexibility index (Phi) is 4.84. The van der Waals surface area contributed by atoms with Gasteiger partial charge in [-0.05, 0) is 56.7 Å². The molecule has 28 heavy (non-hydrogen) atoms. The molecule has 1 N–H and O–H groups in total. The van der Waals surface area contributed by atoms with E-state index >= 15 is 0 Å². The van der Waals surface area contributed by atoms with Crippen molar-refractivity contribution in [2.45, 2.75) is 50.2 Å². The van der Waals surface area contributed by atoms with Crippen molar-refractivity contribution in [2.24, 2.45) is 11.8 Å². The van der Waals surface area contributed by atoms with E-state index in [0.29, 0.717) is 30.8 Å². The summed E-state index contributed by atoms with van der Waals surface area (Å²) in [5.74, 6) is -0.470. The van der Waals surface area contributed by atoms with Crippen LogP contribution in [0, 0.1) is 24.6 Å². The zero-order chi connectivity index (χ0) is 20.1. The SMILES string of the molecule is CCn1ncc(S(=O)(=O)N2C[C@H]3CCC[C@](O)(c4ccc(F)cc4)[C@@H]3C2)c1C. The maximum atomic E-state index is 13.3. The Balaban J connectivity index is 1.65. The van der Waals surface area contributed by atoms with Crippen LogP contribution in [0.5, 0.6) is 0 Å². The van der Waals surface area contributed by atoms with Crippen molar-refractivity contribution in [3.05, 3.63) is 47.5 Å². The van der Waals surface area contributed by atoms with Gasteiger partial charge in [0.2, 0.25) is 10.0 Å². The molecule has 2 heterocycles. The van der Waals surface area contributed by atoms with Crippen molar-refractivity contribution >= 4 is 10.0 Å². The van der Waals surface area contributed by atoms with E-state index in [4.69, 9.17) is 0 Å². The van der Waals surface area contributed by atoms with E-state index < -0.39 is 15.6 Å². The van der Waals surface area contributed by atoms with Crippen LogP contribution in [0.4, 0.5) is 4.39 Å². The van der Waals surface area contributed by atoms with Crippen LogP contribution in [-0.2, 0) is 22.2 Å². The van der Waals surface area contributed by atoms with Crippen LogP contribution in [-0.4, -0.2) is 40.7 Å². The fraction of sp³-hybridized carbons (Fsp3) is 0.550. The summed E-state index contributed by atoms with van der Waals surface area (Å²) < 4.78 is 43.0. The summed E-state index contributed by atoms with van der Waals surface area (Å²) >= 11 is 0. The Morgan fingerprint density at radius 1 is 1.29 bits per heavy atom. The lowest BCUT2D eigenvalue weighted by atomic mass is 9.67. The van der Waals surface area contributed by atoms with Gasteiger partial charge in [0.15, 0.2) is 0 Å². The van der Waals surface area contributed by atoms with Crippen LogP contribution < -0.4 is 0 Å². The normalized spacial score (nSPS) is 28.4. The first-order valence-electron chi connectivity index (χ1n) is 9.78. The first kappa shape index (κ1) is 19.5. The molecule has 1 aromatic carbocycles. The lowest BCUT2D eigenvalue weighted by Crippen LogP contribution is -2.43. The van der Waals surface area contributed by atoms with Crippen molar-refractivity contribution in [3.8, 4) is 0 Å². The average molecular weight is 408 g/mol.